The molecule has 1 fully saturated rings. The van der Waals surface area contributed by atoms with E-state index in [2.05, 4.69) is 31.3 Å². The molecular formula is C17H27NO2. The number of aliphatic hydroxyl groups is 1. The average molecular weight is 277 g/mol. The van der Waals surface area contributed by atoms with E-state index in [0.717, 1.165) is 18.6 Å². The Labute approximate surface area is 122 Å². The molecule has 0 bridgehead atoms. The summed E-state index contributed by atoms with van der Waals surface area (Å²) in [6.45, 7) is 7.33. The summed E-state index contributed by atoms with van der Waals surface area (Å²) in [5.74, 6) is 0.921. The monoisotopic (exact) mass is 277 g/mol. The Balaban J connectivity index is 1.99. The summed E-state index contributed by atoms with van der Waals surface area (Å²) < 4.78 is 5.47. The maximum atomic E-state index is 9.62. The highest BCUT2D eigenvalue weighted by molar-refractivity contribution is 5.29. The molecule has 1 aliphatic carbocycles. The van der Waals surface area contributed by atoms with Crippen LogP contribution in [0.1, 0.15) is 51.6 Å². The second-order valence-electron chi connectivity index (χ2n) is 6.15. The Kier molecular flexibility index (Phi) is 5.06. The van der Waals surface area contributed by atoms with Gasteiger partial charge >= 0.3 is 0 Å². The van der Waals surface area contributed by atoms with Crippen molar-refractivity contribution in [2.45, 2.75) is 52.1 Å². The third-order valence-electron chi connectivity index (χ3n) is 4.59. The Morgan fingerprint density at radius 1 is 1.40 bits per heavy atom. The minimum Gasteiger partial charge on any atom is -0.494 e. The standard InChI is InChI=1S/C17H27NO2/c1-4-20-15-9-7-14(8-10-15)13(2)18-16-6-5-11-17(16,3)12-19/h7-10,13,16,18-19H,4-6,11-12H2,1-3H3. The molecule has 112 valence electrons. The fourth-order valence-corrected chi connectivity index (χ4v) is 3.12. The Morgan fingerprint density at radius 2 is 2.10 bits per heavy atom. The molecule has 0 saturated heterocycles. The second-order valence-corrected chi connectivity index (χ2v) is 6.15. The number of hydrogen-bond acceptors (Lipinski definition) is 3. The number of benzene rings is 1. The summed E-state index contributed by atoms with van der Waals surface area (Å²) in [5, 5.41) is 13.3. The SMILES string of the molecule is CCOc1ccc(C(C)NC2CCCC2(C)CO)cc1. The van der Waals surface area contributed by atoms with E-state index in [-0.39, 0.29) is 12.0 Å². The molecule has 0 heterocycles. The maximum absolute atomic E-state index is 9.62. The Hall–Kier alpha value is -1.06. The summed E-state index contributed by atoms with van der Waals surface area (Å²) in [4.78, 5) is 0. The first-order valence-electron chi connectivity index (χ1n) is 7.68. The van der Waals surface area contributed by atoms with E-state index in [9.17, 15) is 5.11 Å². The second kappa shape index (κ2) is 6.59. The lowest BCUT2D eigenvalue weighted by atomic mass is 9.85. The summed E-state index contributed by atoms with van der Waals surface area (Å²) >= 11 is 0. The molecule has 0 radical (unpaired) electrons. The fraction of sp³-hybridized carbons (Fsp3) is 0.647. The van der Waals surface area contributed by atoms with Crippen LogP contribution in [0.15, 0.2) is 24.3 Å². The van der Waals surface area contributed by atoms with Gasteiger partial charge < -0.3 is 15.2 Å². The van der Waals surface area contributed by atoms with Crippen LogP contribution in [0.4, 0.5) is 0 Å². The Bertz CT molecular complexity index is 418. The van der Waals surface area contributed by atoms with Crippen LogP contribution in [-0.4, -0.2) is 24.4 Å². The molecule has 0 spiro atoms. The highest BCUT2D eigenvalue weighted by Gasteiger charge is 2.38. The number of ether oxygens (including phenoxy) is 1. The third kappa shape index (κ3) is 3.33. The van der Waals surface area contributed by atoms with Crippen LogP contribution in [0.3, 0.4) is 0 Å². The molecule has 2 N–H and O–H groups in total. The van der Waals surface area contributed by atoms with Crippen LogP contribution >= 0.6 is 0 Å². The van der Waals surface area contributed by atoms with Gasteiger partial charge in [-0.2, -0.15) is 0 Å². The van der Waals surface area contributed by atoms with Crippen molar-refractivity contribution in [2.24, 2.45) is 5.41 Å². The van der Waals surface area contributed by atoms with Crippen molar-refractivity contribution in [2.75, 3.05) is 13.2 Å². The van der Waals surface area contributed by atoms with Gasteiger partial charge in [0.25, 0.3) is 0 Å². The van der Waals surface area contributed by atoms with Gasteiger partial charge in [0.15, 0.2) is 0 Å². The van der Waals surface area contributed by atoms with Crippen molar-refractivity contribution in [1.82, 2.24) is 5.32 Å². The molecule has 20 heavy (non-hydrogen) atoms. The molecule has 3 nitrogen and oxygen atoms in total. The van der Waals surface area contributed by atoms with Crippen LogP contribution in [-0.2, 0) is 0 Å². The van der Waals surface area contributed by atoms with Gasteiger partial charge in [0.2, 0.25) is 0 Å². The molecule has 0 amide bonds. The maximum Gasteiger partial charge on any atom is 0.119 e. The Morgan fingerprint density at radius 3 is 2.70 bits per heavy atom. The van der Waals surface area contributed by atoms with E-state index in [1.807, 2.05) is 19.1 Å². The van der Waals surface area contributed by atoms with E-state index >= 15 is 0 Å². The summed E-state index contributed by atoms with van der Waals surface area (Å²) in [6, 6.07) is 8.98. The largest absolute Gasteiger partial charge is 0.494 e. The van der Waals surface area contributed by atoms with E-state index in [1.54, 1.807) is 0 Å². The first kappa shape index (κ1) is 15.3. The zero-order chi connectivity index (χ0) is 14.6. The predicted molar refractivity (Wildman–Crippen MR) is 82.0 cm³/mol. The molecule has 3 atom stereocenters. The van der Waals surface area contributed by atoms with Crippen molar-refractivity contribution in [1.29, 1.82) is 0 Å². The minimum atomic E-state index is 0.0273. The summed E-state index contributed by atoms with van der Waals surface area (Å²) in [6.07, 6.45) is 3.46. The van der Waals surface area contributed by atoms with Gasteiger partial charge in [0, 0.05) is 24.1 Å². The smallest absolute Gasteiger partial charge is 0.119 e. The zero-order valence-corrected chi connectivity index (χ0v) is 12.9. The normalized spacial score (nSPS) is 27.5. The fourth-order valence-electron chi connectivity index (χ4n) is 3.12. The van der Waals surface area contributed by atoms with E-state index in [0.29, 0.717) is 18.7 Å². The van der Waals surface area contributed by atoms with Crippen molar-refractivity contribution < 1.29 is 9.84 Å². The van der Waals surface area contributed by atoms with Gasteiger partial charge in [-0.05, 0) is 44.4 Å². The van der Waals surface area contributed by atoms with Crippen molar-refractivity contribution >= 4 is 0 Å². The van der Waals surface area contributed by atoms with Crippen LogP contribution in [0.5, 0.6) is 5.75 Å². The summed E-state index contributed by atoms with van der Waals surface area (Å²) in [7, 11) is 0. The van der Waals surface area contributed by atoms with Crippen molar-refractivity contribution in [3.05, 3.63) is 29.8 Å². The van der Waals surface area contributed by atoms with Crippen molar-refractivity contribution in [3.63, 3.8) is 0 Å². The van der Waals surface area contributed by atoms with E-state index in [4.69, 9.17) is 4.74 Å². The number of hydrogen-bond donors (Lipinski definition) is 2. The molecule has 0 aliphatic heterocycles. The van der Waals surface area contributed by atoms with E-state index in [1.165, 1.54) is 12.0 Å². The van der Waals surface area contributed by atoms with Gasteiger partial charge in [0.05, 0.1) is 6.61 Å². The molecule has 2 rings (SSSR count). The molecular weight excluding hydrogens is 250 g/mol. The molecule has 1 saturated carbocycles. The number of rotatable bonds is 6. The summed E-state index contributed by atoms with van der Waals surface area (Å²) in [5.41, 5.74) is 1.29. The highest BCUT2D eigenvalue weighted by atomic mass is 16.5. The van der Waals surface area contributed by atoms with Gasteiger partial charge in [-0.1, -0.05) is 25.5 Å². The highest BCUT2D eigenvalue weighted by Crippen LogP contribution is 2.38. The molecule has 1 aromatic rings. The molecule has 3 heteroatoms. The van der Waals surface area contributed by atoms with Crippen LogP contribution in [0.2, 0.25) is 0 Å². The minimum absolute atomic E-state index is 0.0273. The lowest BCUT2D eigenvalue weighted by Gasteiger charge is -2.32. The van der Waals surface area contributed by atoms with Crippen LogP contribution in [0, 0.1) is 5.41 Å². The lowest BCUT2D eigenvalue weighted by Crippen LogP contribution is -2.42. The zero-order valence-electron chi connectivity index (χ0n) is 12.9. The van der Waals surface area contributed by atoms with E-state index < -0.39 is 0 Å². The van der Waals surface area contributed by atoms with Gasteiger partial charge in [-0.3, -0.25) is 0 Å². The predicted octanol–water partition coefficient (Wildman–Crippen LogP) is 3.29. The molecule has 3 unspecified atom stereocenters. The van der Waals surface area contributed by atoms with Gasteiger partial charge in [-0.25, -0.2) is 0 Å². The lowest BCUT2D eigenvalue weighted by molar-refractivity contribution is 0.114. The molecule has 0 aromatic heterocycles. The number of aliphatic hydroxyl groups excluding tert-OH is 1. The van der Waals surface area contributed by atoms with Crippen molar-refractivity contribution in [3.8, 4) is 5.75 Å². The van der Waals surface area contributed by atoms with Crippen LogP contribution < -0.4 is 10.1 Å². The van der Waals surface area contributed by atoms with Gasteiger partial charge in [0.1, 0.15) is 5.75 Å². The molecule has 1 aliphatic rings. The average Bonchev–Trinajstić information content (AvgIpc) is 2.82. The third-order valence-corrected chi connectivity index (χ3v) is 4.59. The number of nitrogens with one attached hydrogen (secondary N) is 1. The topological polar surface area (TPSA) is 41.5 Å². The first-order chi connectivity index (χ1) is 9.59. The van der Waals surface area contributed by atoms with Crippen LogP contribution in [0.25, 0.3) is 0 Å². The first-order valence-corrected chi connectivity index (χ1v) is 7.68. The molecule has 1 aromatic carbocycles. The quantitative estimate of drug-likeness (QED) is 0.838. The van der Waals surface area contributed by atoms with Gasteiger partial charge in [-0.15, -0.1) is 0 Å².